The number of hydrogen-bond donors (Lipinski definition) is 3. The number of halogens is 1. The van der Waals surface area contributed by atoms with E-state index in [4.69, 9.17) is 11.5 Å². The van der Waals surface area contributed by atoms with E-state index in [0.717, 1.165) is 25.1 Å². The van der Waals surface area contributed by atoms with Gasteiger partial charge in [0.05, 0.1) is 0 Å². The van der Waals surface area contributed by atoms with Crippen LogP contribution < -0.4 is 16.8 Å². The summed E-state index contributed by atoms with van der Waals surface area (Å²) in [4.78, 5) is 0. The summed E-state index contributed by atoms with van der Waals surface area (Å²) in [6.07, 6.45) is 1.91. The Morgan fingerprint density at radius 3 is 2.24 bits per heavy atom. The van der Waals surface area contributed by atoms with Crippen molar-refractivity contribution in [1.29, 1.82) is 0 Å². The van der Waals surface area contributed by atoms with Crippen LogP contribution in [0, 0.1) is 0 Å². The predicted octanol–water partition coefficient (Wildman–Crippen LogP) is 3.46. The van der Waals surface area contributed by atoms with Gasteiger partial charge >= 0.3 is 0 Å². The highest BCUT2D eigenvalue weighted by Gasteiger charge is 2.04. The third-order valence-corrected chi connectivity index (χ3v) is 3.40. The van der Waals surface area contributed by atoms with Gasteiger partial charge < -0.3 is 16.8 Å². The molecule has 0 unspecified atom stereocenters. The molecule has 0 heterocycles. The predicted molar refractivity (Wildman–Crippen MR) is 92.7 cm³/mol. The highest BCUT2D eigenvalue weighted by atomic mass is 35.5. The molecular formula is C17H24ClN3. The van der Waals surface area contributed by atoms with E-state index in [2.05, 4.69) is 53.8 Å². The normalized spacial score (nSPS) is 11.5. The summed E-state index contributed by atoms with van der Waals surface area (Å²) in [5, 5.41) is 3.41. The summed E-state index contributed by atoms with van der Waals surface area (Å²) in [5.41, 5.74) is 15.2. The molecule has 0 spiro atoms. The fourth-order valence-corrected chi connectivity index (χ4v) is 2.15. The summed E-state index contributed by atoms with van der Waals surface area (Å²) in [7, 11) is 0. The average Bonchev–Trinajstić information content (AvgIpc) is 2.52. The van der Waals surface area contributed by atoms with Gasteiger partial charge in [-0.05, 0) is 42.6 Å². The zero-order valence-corrected chi connectivity index (χ0v) is 13.0. The molecule has 3 nitrogen and oxygen atoms in total. The van der Waals surface area contributed by atoms with E-state index in [0.29, 0.717) is 6.54 Å². The first kappa shape index (κ1) is 17.5. The van der Waals surface area contributed by atoms with E-state index >= 15 is 0 Å². The van der Waals surface area contributed by atoms with Crippen molar-refractivity contribution >= 4 is 18.1 Å². The van der Waals surface area contributed by atoms with E-state index in [1.165, 1.54) is 11.1 Å². The number of nitrogens with two attached hydrogens (primary N) is 2. The molecule has 5 N–H and O–H groups in total. The third kappa shape index (κ3) is 5.76. The van der Waals surface area contributed by atoms with Crippen LogP contribution in [0.5, 0.6) is 0 Å². The minimum absolute atomic E-state index is 0. The summed E-state index contributed by atoms with van der Waals surface area (Å²) in [6.45, 7) is 1.53. The number of anilines is 1. The molecule has 2 aromatic rings. The van der Waals surface area contributed by atoms with Crippen LogP contribution in [0.4, 0.5) is 5.69 Å². The Hall–Kier alpha value is -1.55. The second kappa shape index (κ2) is 9.40. The van der Waals surface area contributed by atoms with E-state index in [9.17, 15) is 0 Å². The number of rotatable bonds is 7. The SMILES string of the molecule is Cl.NCCC[C@H](N)c1ccc(NCc2ccccc2)cc1. The van der Waals surface area contributed by atoms with Crippen LogP contribution in [0.3, 0.4) is 0 Å². The topological polar surface area (TPSA) is 64.1 Å². The third-order valence-electron chi connectivity index (χ3n) is 3.40. The summed E-state index contributed by atoms with van der Waals surface area (Å²) < 4.78 is 0. The van der Waals surface area contributed by atoms with E-state index in [1.807, 2.05) is 6.07 Å². The van der Waals surface area contributed by atoms with Crippen LogP contribution in [-0.4, -0.2) is 6.54 Å². The molecule has 21 heavy (non-hydrogen) atoms. The van der Waals surface area contributed by atoms with Gasteiger partial charge in [0, 0.05) is 18.3 Å². The van der Waals surface area contributed by atoms with E-state index < -0.39 is 0 Å². The van der Waals surface area contributed by atoms with Crippen molar-refractivity contribution in [1.82, 2.24) is 0 Å². The molecule has 0 aliphatic rings. The Labute approximate surface area is 133 Å². The molecule has 0 bridgehead atoms. The Balaban J connectivity index is 0.00000220. The lowest BCUT2D eigenvalue weighted by Gasteiger charge is -2.13. The van der Waals surface area contributed by atoms with E-state index in [1.54, 1.807) is 0 Å². The molecule has 0 aromatic heterocycles. The zero-order valence-electron chi connectivity index (χ0n) is 12.2. The molecule has 0 aliphatic heterocycles. The largest absolute Gasteiger partial charge is 0.381 e. The second-order valence-corrected chi connectivity index (χ2v) is 5.00. The van der Waals surface area contributed by atoms with Crippen molar-refractivity contribution in [2.24, 2.45) is 11.5 Å². The van der Waals surface area contributed by atoms with Gasteiger partial charge in [-0.3, -0.25) is 0 Å². The van der Waals surface area contributed by atoms with E-state index in [-0.39, 0.29) is 18.4 Å². The summed E-state index contributed by atoms with van der Waals surface area (Å²) in [6, 6.07) is 18.8. The van der Waals surface area contributed by atoms with Gasteiger partial charge in [0.25, 0.3) is 0 Å². The van der Waals surface area contributed by atoms with Crippen LogP contribution in [0.15, 0.2) is 54.6 Å². The van der Waals surface area contributed by atoms with Gasteiger partial charge in [0.15, 0.2) is 0 Å². The monoisotopic (exact) mass is 305 g/mol. The molecule has 0 aliphatic carbocycles. The van der Waals surface area contributed by atoms with Gasteiger partial charge in [-0.1, -0.05) is 42.5 Å². The van der Waals surface area contributed by atoms with Crippen LogP contribution in [0.1, 0.15) is 30.0 Å². The van der Waals surface area contributed by atoms with Crippen molar-refractivity contribution < 1.29 is 0 Å². The second-order valence-electron chi connectivity index (χ2n) is 5.00. The smallest absolute Gasteiger partial charge is 0.0400 e. The maximum atomic E-state index is 6.12. The average molecular weight is 306 g/mol. The molecule has 4 heteroatoms. The van der Waals surface area contributed by atoms with Crippen molar-refractivity contribution in [2.45, 2.75) is 25.4 Å². The van der Waals surface area contributed by atoms with Crippen LogP contribution in [0.2, 0.25) is 0 Å². The fourth-order valence-electron chi connectivity index (χ4n) is 2.15. The maximum absolute atomic E-state index is 6.12. The highest BCUT2D eigenvalue weighted by Crippen LogP contribution is 2.18. The lowest BCUT2D eigenvalue weighted by molar-refractivity contribution is 0.618. The Morgan fingerprint density at radius 2 is 1.62 bits per heavy atom. The Bertz CT molecular complexity index is 499. The lowest BCUT2D eigenvalue weighted by Crippen LogP contribution is -2.12. The van der Waals surface area contributed by atoms with Gasteiger partial charge in [-0.2, -0.15) is 0 Å². The van der Waals surface area contributed by atoms with Gasteiger partial charge in [0.2, 0.25) is 0 Å². The van der Waals surface area contributed by atoms with Crippen LogP contribution >= 0.6 is 12.4 Å². The van der Waals surface area contributed by atoms with Crippen LogP contribution in [0.25, 0.3) is 0 Å². The zero-order chi connectivity index (χ0) is 14.2. The first-order chi connectivity index (χ1) is 9.79. The molecule has 0 saturated carbocycles. The van der Waals surface area contributed by atoms with Crippen molar-refractivity contribution in [2.75, 3.05) is 11.9 Å². The Morgan fingerprint density at radius 1 is 0.952 bits per heavy atom. The van der Waals surface area contributed by atoms with Gasteiger partial charge in [-0.15, -0.1) is 12.4 Å². The van der Waals surface area contributed by atoms with Gasteiger partial charge in [-0.25, -0.2) is 0 Å². The quantitative estimate of drug-likeness (QED) is 0.734. The highest BCUT2D eigenvalue weighted by molar-refractivity contribution is 5.85. The maximum Gasteiger partial charge on any atom is 0.0400 e. The fraction of sp³-hybridized carbons (Fsp3) is 0.294. The molecule has 0 fully saturated rings. The number of hydrogen-bond acceptors (Lipinski definition) is 3. The van der Waals surface area contributed by atoms with Crippen LogP contribution in [-0.2, 0) is 6.54 Å². The minimum Gasteiger partial charge on any atom is -0.381 e. The first-order valence-electron chi connectivity index (χ1n) is 7.13. The lowest BCUT2D eigenvalue weighted by atomic mass is 10.0. The summed E-state index contributed by atoms with van der Waals surface area (Å²) >= 11 is 0. The number of nitrogens with one attached hydrogen (secondary N) is 1. The molecule has 1 atom stereocenters. The molecule has 114 valence electrons. The first-order valence-corrected chi connectivity index (χ1v) is 7.13. The number of benzene rings is 2. The molecule has 0 saturated heterocycles. The standard InChI is InChI=1S/C17H23N3.ClH/c18-12-4-7-17(19)15-8-10-16(11-9-15)20-13-14-5-2-1-3-6-14;/h1-3,5-6,8-11,17,20H,4,7,12-13,18-19H2;1H/t17-;/m0./s1. The van der Waals surface area contributed by atoms with Crippen molar-refractivity contribution in [3.63, 3.8) is 0 Å². The van der Waals surface area contributed by atoms with Gasteiger partial charge in [0.1, 0.15) is 0 Å². The van der Waals surface area contributed by atoms with Crippen molar-refractivity contribution in [3.05, 3.63) is 65.7 Å². The molecule has 2 aromatic carbocycles. The molecule has 0 amide bonds. The molecule has 2 rings (SSSR count). The molecule has 0 radical (unpaired) electrons. The Kier molecular flexibility index (Phi) is 7.83. The summed E-state index contributed by atoms with van der Waals surface area (Å²) in [5.74, 6) is 0. The van der Waals surface area contributed by atoms with Crippen molar-refractivity contribution in [3.8, 4) is 0 Å². The minimum atomic E-state index is 0. The molecular weight excluding hydrogens is 282 g/mol.